The first-order valence-corrected chi connectivity index (χ1v) is 8.91. The molecule has 0 saturated carbocycles. The number of carbonyl (C=O) groups is 1. The largest absolute Gasteiger partial charge is 0.326 e. The first-order chi connectivity index (χ1) is 13.1. The second-order valence-electron chi connectivity index (χ2n) is 6.36. The lowest BCUT2D eigenvalue weighted by Gasteiger charge is -2.08. The number of fused-ring (bicyclic) bond motifs is 1. The SMILES string of the molecule is Cc1cc(NC(=O)Cc2ccc(-c3ccn4ncnc4c3)cc2)ccc1Cl. The van der Waals surface area contributed by atoms with Crippen LogP contribution in [0.5, 0.6) is 0 Å². The Labute approximate surface area is 161 Å². The second-order valence-corrected chi connectivity index (χ2v) is 6.77. The van der Waals surface area contributed by atoms with Crippen LogP contribution in [0.2, 0.25) is 5.02 Å². The summed E-state index contributed by atoms with van der Waals surface area (Å²) in [5.41, 5.74) is 5.56. The summed E-state index contributed by atoms with van der Waals surface area (Å²) in [5.74, 6) is -0.0608. The second kappa shape index (κ2) is 7.21. The fourth-order valence-electron chi connectivity index (χ4n) is 2.92. The van der Waals surface area contributed by atoms with Crippen molar-refractivity contribution in [3.8, 4) is 11.1 Å². The fraction of sp³-hybridized carbons (Fsp3) is 0.0952. The van der Waals surface area contributed by atoms with Crippen LogP contribution in [-0.4, -0.2) is 20.5 Å². The van der Waals surface area contributed by atoms with E-state index in [2.05, 4.69) is 15.4 Å². The minimum Gasteiger partial charge on any atom is -0.326 e. The molecule has 4 rings (SSSR count). The van der Waals surface area contributed by atoms with E-state index in [1.54, 1.807) is 16.6 Å². The zero-order valence-corrected chi connectivity index (χ0v) is 15.4. The van der Waals surface area contributed by atoms with E-state index in [0.717, 1.165) is 33.6 Å². The Balaban J connectivity index is 1.45. The molecule has 27 heavy (non-hydrogen) atoms. The highest BCUT2D eigenvalue weighted by Crippen LogP contribution is 2.22. The van der Waals surface area contributed by atoms with Crippen LogP contribution in [0.15, 0.2) is 67.1 Å². The maximum atomic E-state index is 12.3. The number of hydrogen-bond acceptors (Lipinski definition) is 3. The number of hydrogen-bond donors (Lipinski definition) is 1. The number of carbonyl (C=O) groups excluding carboxylic acids is 1. The normalized spacial score (nSPS) is 10.9. The number of aromatic nitrogens is 3. The highest BCUT2D eigenvalue weighted by Gasteiger charge is 2.07. The number of anilines is 1. The van der Waals surface area contributed by atoms with Crippen molar-refractivity contribution in [2.45, 2.75) is 13.3 Å². The van der Waals surface area contributed by atoms with E-state index < -0.39 is 0 Å². The van der Waals surface area contributed by atoms with Gasteiger partial charge in [0.25, 0.3) is 0 Å². The predicted octanol–water partition coefficient (Wildman–Crippen LogP) is 4.54. The Kier molecular flexibility index (Phi) is 4.60. The van der Waals surface area contributed by atoms with Gasteiger partial charge in [0.15, 0.2) is 5.65 Å². The van der Waals surface area contributed by atoms with Gasteiger partial charge in [0, 0.05) is 16.9 Å². The average Bonchev–Trinajstić information content (AvgIpc) is 3.13. The van der Waals surface area contributed by atoms with Gasteiger partial charge in [0.05, 0.1) is 6.42 Å². The van der Waals surface area contributed by atoms with Gasteiger partial charge in [-0.05, 0) is 59.5 Å². The highest BCUT2D eigenvalue weighted by atomic mass is 35.5. The summed E-state index contributed by atoms with van der Waals surface area (Å²) in [6, 6.07) is 17.4. The number of pyridine rings is 1. The number of halogens is 1. The van der Waals surface area contributed by atoms with Crippen molar-refractivity contribution in [3.63, 3.8) is 0 Å². The van der Waals surface area contributed by atoms with Crippen molar-refractivity contribution in [1.29, 1.82) is 0 Å². The third-order valence-corrected chi connectivity index (χ3v) is 4.80. The van der Waals surface area contributed by atoms with Crippen LogP contribution in [0, 0.1) is 6.92 Å². The minimum atomic E-state index is -0.0608. The van der Waals surface area contributed by atoms with Crippen LogP contribution in [0.1, 0.15) is 11.1 Å². The molecule has 0 fully saturated rings. The van der Waals surface area contributed by atoms with Crippen LogP contribution < -0.4 is 5.32 Å². The van der Waals surface area contributed by atoms with Gasteiger partial charge in [-0.2, -0.15) is 5.10 Å². The lowest BCUT2D eigenvalue weighted by atomic mass is 10.0. The quantitative estimate of drug-likeness (QED) is 0.568. The molecule has 0 bridgehead atoms. The van der Waals surface area contributed by atoms with Crippen molar-refractivity contribution < 1.29 is 4.79 Å². The molecule has 6 heteroatoms. The van der Waals surface area contributed by atoms with Crippen molar-refractivity contribution in [1.82, 2.24) is 14.6 Å². The monoisotopic (exact) mass is 376 g/mol. The van der Waals surface area contributed by atoms with E-state index in [0.29, 0.717) is 11.4 Å². The Morgan fingerprint density at radius 2 is 1.89 bits per heavy atom. The molecule has 5 nitrogen and oxygen atoms in total. The Bertz CT molecular complexity index is 1120. The molecule has 0 saturated heterocycles. The molecular weight excluding hydrogens is 360 g/mol. The molecule has 0 atom stereocenters. The van der Waals surface area contributed by atoms with Crippen molar-refractivity contribution in [3.05, 3.63) is 83.3 Å². The summed E-state index contributed by atoms with van der Waals surface area (Å²) in [6.07, 6.45) is 3.72. The van der Waals surface area contributed by atoms with Crippen LogP contribution in [0.3, 0.4) is 0 Å². The molecule has 0 aliphatic rings. The van der Waals surface area contributed by atoms with Gasteiger partial charge in [-0.15, -0.1) is 0 Å². The van der Waals surface area contributed by atoms with Gasteiger partial charge in [-0.1, -0.05) is 35.9 Å². The number of amides is 1. The summed E-state index contributed by atoms with van der Waals surface area (Å²) >= 11 is 6.02. The Morgan fingerprint density at radius 3 is 2.67 bits per heavy atom. The molecule has 0 radical (unpaired) electrons. The molecular formula is C21H17ClN4O. The van der Waals surface area contributed by atoms with E-state index >= 15 is 0 Å². The van der Waals surface area contributed by atoms with Gasteiger partial charge in [0.1, 0.15) is 6.33 Å². The zero-order valence-electron chi connectivity index (χ0n) is 14.7. The molecule has 134 valence electrons. The van der Waals surface area contributed by atoms with Crippen molar-refractivity contribution >= 4 is 28.8 Å². The van der Waals surface area contributed by atoms with E-state index in [-0.39, 0.29) is 5.91 Å². The minimum absolute atomic E-state index is 0.0608. The van der Waals surface area contributed by atoms with Gasteiger partial charge in [-0.3, -0.25) is 4.79 Å². The summed E-state index contributed by atoms with van der Waals surface area (Å²) < 4.78 is 1.72. The topological polar surface area (TPSA) is 59.3 Å². The van der Waals surface area contributed by atoms with Crippen LogP contribution >= 0.6 is 11.6 Å². The van der Waals surface area contributed by atoms with E-state index in [4.69, 9.17) is 11.6 Å². The lowest BCUT2D eigenvalue weighted by Crippen LogP contribution is -2.14. The zero-order chi connectivity index (χ0) is 18.8. The number of benzene rings is 2. The number of nitrogens with one attached hydrogen (secondary N) is 1. The molecule has 2 heterocycles. The number of nitrogens with zero attached hydrogens (tertiary/aromatic N) is 3. The third-order valence-electron chi connectivity index (χ3n) is 4.37. The standard InChI is InChI=1S/C21H17ClN4O/c1-14-10-18(6-7-19(14)22)25-21(27)11-15-2-4-16(5-3-15)17-8-9-26-20(12-17)23-13-24-26/h2-10,12-13H,11H2,1H3,(H,25,27). The smallest absolute Gasteiger partial charge is 0.228 e. The number of rotatable bonds is 4. The summed E-state index contributed by atoms with van der Waals surface area (Å²) in [7, 11) is 0. The molecule has 1 amide bonds. The summed E-state index contributed by atoms with van der Waals surface area (Å²) in [4.78, 5) is 16.5. The van der Waals surface area contributed by atoms with Gasteiger partial charge in [-0.25, -0.2) is 9.50 Å². The molecule has 0 unspecified atom stereocenters. The highest BCUT2D eigenvalue weighted by molar-refractivity contribution is 6.31. The summed E-state index contributed by atoms with van der Waals surface area (Å²) in [6.45, 7) is 1.91. The van der Waals surface area contributed by atoms with Gasteiger partial charge < -0.3 is 5.32 Å². The molecule has 2 aromatic heterocycles. The van der Waals surface area contributed by atoms with Crippen LogP contribution in [-0.2, 0) is 11.2 Å². The molecule has 0 aliphatic carbocycles. The summed E-state index contributed by atoms with van der Waals surface area (Å²) in [5, 5.41) is 7.69. The first-order valence-electron chi connectivity index (χ1n) is 8.53. The Morgan fingerprint density at radius 1 is 1.07 bits per heavy atom. The van der Waals surface area contributed by atoms with E-state index in [1.165, 1.54) is 6.33 Å². The van der Waals surface area contributed by atoms with E-state index in [1.807, 2.05) is 55.6 Å². The average molecular weight is 377 g/mol. The lowest BCUT2D eigenvalue weighted by molar-refractivity contribution is -0.115. The van der Waals surface area contributed by atoms with Crippen molar-refractivity contribution in [2.75, 3.05) is 5.32 Å². The Hall–Kier alpha value is -3.18. The molecule has 0 spiro atoms. The fourth-order valence-corrected chi connectivity index (χ4v) is 3.04. The third kappa shape index (κ3) is 3.83. The maximum Gasteiger partial charge on any atom is 0.228 e. The van der Waals surface area contributed by atoms with Gasteiger partial charge in [0.2, 0.25) is 5.91 Å². The molecule has 2 aromatic carbocycles. The van der Waals surface area contributed by atoms with Crippen molar-refractivity contribution in [2.24, 2.45) is 0 Å². The molecule has 4 aromatic rings. The maximum absolute atomic E-state index is 12.3. The first kappa shape index (κ1) is 17.2. The molecule has 1 N–H and O–H groups in total. The van der Waals surface area contributed by atoms with E-state index in [9.17, 15) is 4.79 Å². The molecule has 0 aliphatic heterocycles. The van der Waals surface area contributed by atoms with Crippen LogP contribution in [0.4, 0.5) is 5.69 Å². The van der Waals surface area contributed by atoms with Crippen LogP contribution in [0.25, 0.3) is 16.8 Å². The van der Waals surface area contributed by atoms with Gasteiger partial charge >= 0.3 is 0 Å². The number of aryl methyl sites for hydroxylation is 1. The predicted molar refractivity (Wildman–Crippen MR) is 107 cm³/mol.